The number of rotatable bonds is 53. The summed E-state index contributed by atoms with van der Waals surface area (Å²) in [5.74, 6) is -1.20. The first-order chi connectivity index (χ1) is 36.7. The van der Waals surface area contributed by atoms with Crippen molar-refractivity contribution in [3.63, 3.8) is 0 Å². The minimum atomic E-state index is -1.61. The van der Waals surface area contributed by atoms with E-state index in [-0.39, 0.29) is 19.4 Å². The number of unbranched alkanes of at least 4 members (excludes halogenated alkanes) is 33. The first-order valence-electron chi connectivity index (χ1n) is 31.4. The molecule has 0 radical (unpaired) electrons. The third-order valence-electron chi connectivity index (χ3n) is 14.7. The van der Waals surface area contributed by atoms with Crippen molar-refractivity contribution in [2.75, 3.05) is 13.2 Å². The molecule has 11 heteroatoms. The van der Waals surface area contributed by atoms with E-state index in [1.165, 1.54) is 154 Å². The van der Waals surface area contributed by atoms with Gasteiger partial charge in [-0.1, -0.05) is 243 Å². The summed E-state index contributed by atoms with van der Waals surface area (Å²) in [5, 5.41) is 56.9. The molecule has 0 saturated carbocycles. The number of esters is 1. The van der Waals surface area contributed by atoms with Crippen LogP contribution in [0.25, 0.3) is 0 Å². The van der Waals surface area contributed by atoms with Crippen molar-refractivity contribution in [1.82, 2.24) is 5.32 Å². The van der Waals surface area contributed by atoms with Crippen molar-refractivity contribution in [2.24, 2.45) is 0 Å². The molecule has 11 nitrogen and oxygen atoms in total. The number of nitrogens with one attached hydrogen (secondary N) is 1. The fourth-order valence-corrected chi connectivity index (χ4v) is 9.68. The zero-order valence-electron chi connectivity index (χ0n) is 48.4. The summed E-state index contributed by atoms with van der Waals surface area (Å²) in [5.41, 5.74) is 0. The predicted octanol–water partition coefficient (Wildman–Crippen LogP) is 14.8. The standard InChI is InChI=1S/C64H117NO10/c1-4-7-10-13-16-19-22-24-26-28-29-30-32-34-37-40-43-46-49-52-59(69)75-62-61(71)60(70)58(53-66)74-64(62)73-54-55(56(67)50-47-44-41-38-35-21-18-15-12-9-6-3)65-63(72)57(68)51-48-45-42-39-36-33-31-27-25-23-20-17-14-11-8-5-2/h17,20,24-27,47,50,55-58,60-62,64,66-68,70-71H,4-16,18-19,21-23,28-46,48-49,51-54H2,1-3H3,(H,65,72)/b20-17-,26-24+,27-25-,50-47+. The van der Waals surface area contributed by atoms with Gasteiger partial charge in [-0.05, 0) is 83.5 Å². The Balaban J connectivity index is 2.66. The maximum Gasteiger partial charge on any atom is 0.306 e. The van der Waals surface area contributed by atoms with E-state index in [9.17, 15) is 35.1 Å². The summed E-state index contributed by atoms with van der Waals surface area (Å²) in [4.78, 5) is 26.5. The highest BCUT2D eigenvalue weighted by Crippen LogP contribution is 2.26. The Morgan fingerprint density at radius 1 is 0.520 bits per heavy atom. The van der Waals surface area contributed by atoms with Crippen LogP contribution in [0.5, 0.6) is 0 Å². The Bertz CT molecular complexity index is 1400. The first-order valence-corrected chi connectivity index (χ1v) is 31.4. The van der Waals surface area contributed by atoms with Gasteiger partial charge in [-0.15, -0.1) is 0 Å². The molecule has 1 fully saturated rings. The third kappa shape index (κ3) is 40.5. The Labute approximate surface area is 459 Å². The molecule has 75 heavy (non-hydrogen) atoms. The summed E-state index contributed by atoms with van der Waals surface area (Å²) in [6.45, 7) is 5.76. The summed E-state index contributed by atoms with van der Waals surface area (Å²) in [7, 11) is 0. The highest BCUT2D eigenvalue weighted by Gasteiger charge is 2.47. The summed E-state index contributed by atoms with van der Waals surface area (Å²) in [6.07, 6.45) is 52.9. The number of amides is 1. The van der Waals surface area contributed by atoms with Gasteiger partial charge in [-0.3, -0.25) is 9.59 Å². The van der Waals surface area contributed by atoms with Gasteiger partial charge >= 0.3 is 5.97 Å². The van der Waals surface area contributed by atoms with Crippen molar-refractivity contribution in [3.05, 3.63) is 48.6 Å². The Hall–Kier alpha value is -2.38. The van der Waals surface area contributed by atoms with E-state index < -0.39 is 67.4 Å². The van der Waals surface area contributed by atoms with Crippen LogP contribution in [0, 0.1) is 0 Å². The first kappa shape index (κ1) is 70.6. The Morgan fingerprint density at radius 3 is 1.40 bits per heavy atom. The van der Waals surface area contributed by atoms with Crippen LogP contribution in [0.2, 0.25) is 0 Å². The number of carbonyl (C=O) groups excluding carboxylic acids is 2. The summed E-state index contributed by atoms with van der Waals surface area (Å²) in [6, 6.07) is -1.03. The molecule has 0 aliphatic carbocycles. The van der Waals surface area contributed by atoms with Gasteiger partial charge in [0.2, 0.25) is 5.91 Å². The number of hydrogen-bond acceptors (Lipinski definition) is 10. The number of ether oxygens (including phenoxy) is 3. The topological polar surface area (TPSA) is 175 Å². The van der Waals surface area contributed by atoms with Crippen LogP contribution in [0.3, 0.4) is 0 Å². The van der Waals surface area contributed by atoms with Gasteiger partial charge in [-0.25, -0.2) is 0 Å². The predicted molar refractivity (Wildman–Crippen MR) is 310 cm³/mol. The third-order valence-corrected chi connectivity index (χ3v) is 14.7. The molecule has 1 saturated heterocycles. The largest absolute Gasteiger partial charge is 0.454 e. The van der Waals surface area contributed by atoms with Crippen LogP contribution in [0.15, 0.2) is 48.6 Å². The lowest BCUT2D eigenvalue weighted by Crippen LogP contribution is -2.61. The summed E-state index contributed by atoms with van der Waals surface area (Å²) < 4.78 is 17.6. The fourth-order valence-electron chi connectivity index (χ4n) is 9.68. The molecule has 8 unspecified atom stereocenters. The second-order valence-electron chi connectivity index (χ2n) is 21.8. The van der Waals surface area contributed by atoms with E-state index >= 15 is 0 Å². The molecule has 1 rings (SSSR count). The van der Waals surface area contributed by atoms with E-state index in [4.69, 9.17) is 14.2 Å². The molecule has 438 valence electrons. The van der Waals surface area contributed by atoms with Gasteiger partial charge in [0.05, 0.1) is 25.4 Å². The van der Waals surface area contributed by atoms with E-state index in [0.717, 1.165) is 83.5 Å². The number of hydrogen-bond donors (Lipinski definition) is 6. The van der Waals surface area contributed by atoms with Crippen molar-refractivity contribution >= 4 is 11.9 Å². The molecule has 6 N–H and O–H groups in total. The smallest absolute Gasteiger partial charge is 0.306 e. The molecule has 1 aliphatic rings. The van der Waals surface area contributed by atoms with E-state index in [1.54, 1.807) is 6.08 Å². The molecule has 0 aromatic rings. The number of allylic oxidation sites excluding steroid dienone is 7. The van der Waals surface area contributed by atoms with Crippen LogP contribution in [-0.2, 0) is 23.8 Å². The quantitative estimate of drug-likeness (QED) is 0.0195. The van der Waals surface area contributed by atoms with Crippen LogP contribution in [0.1, 0.15) is 284 Å². The van der Waals surface area contributed by atoms with Gasteiger partial charge in [0.25, 0.3) is 0 Å². The average Bonchev–Trinajstić information content (AvgIpc) is 3.41. The lowest BCUT2D eigenvalue weighted by atomic mass is 9.99. The van der Waals surface area contributed by atoms with Gasteiger partial charge in [0.1, 0.15) is 24.4 Å². The number of aliphatic hydroxyl groups is 5. The lowest BCUT2D eigenvalue weighted by Gasteiger charge is -2.41. The Kier molecular flexibility index (Phi) is 49.3. The van der Waals surface area contributed by atoms with Crippen LogP contribution >= 0.6 is 0 Å². The highest BCUT2D eigenvalue weighted by atomic mass is 16.7. The molecular formula is C64H117NO10. The molecule has 1 amide bonds. The van der Waals surface area contributed by atoms with Crippen LogP contribution < -0.4 is 5.32 Å². The van der Waals surface area contributed by atoms with Crippen molar-refractivity contribution in [2.45, 2.75) is 333 Å². The number of aliphatic hydroxyl groups excluding tert-OH is 5. The fraction of sp³-hybridized carbons (Fsp3) is 0.844. The summed E-state index contributed by atoms with van der Waals surface area (Å²) >= 11 is 0. The van der Waals surface area contributed by atoms with Crippen molar-refractivity contribution < 1.29 is 49.3 Å². The van der Waals surface area contributed by atoms with Gasteiger partial charge in [0.15, 0.2) is 12.4 Å². The van der Waals surface area contributed by atoms with Gasteiger partial charge in [0, 0.05) is 6.42 Å². The van der Waals surface area contributed by atoms with Crippen LogP contribution in [-0.4, -0.2) is 99.6 Å². The number of carbonyl (C=O) groups is 2. The second kappa shape index (κ2) is 52.3. The van der Waals surface area contributed by atoms with Gasteiger partial charge < -0.3 is 45.1 Å². The minimum absolute atomic E-state index is 0.121. The van der Waals surface area contributed by atoms with E-state index in [1.807, 2.05) is 6.08 Å². The molecule has 0 aromatic heterocycles. The Morgan fingerprint density at radius 2 is 0.920 bits per heavy atom. The van der Waals surface area contributed by atoms with Crippen molar-refractivity contribution in [3.8, 4) is 0 Å². The molecular weight excluding hydrogens is 943 g/mol. The second-order valence-corrected chi connectivity index (χ2v) is 21.8. The zero-order valence-corrected chi connectivity index (χ0v) is 48.4. The highest BCUT2D eigenvalue weighted by molar-refractivity contribution is 5.80. The molecule has 1 heterocycles. The normalized spacial score (nSPS) is 19.5. The maximum atomic E-state index is 13.4. The molecule has 0 spiro atoms. The molecule has 1 aliphatic heterocycles. The molecule has 0 aromatic carbocycles. The SMILES string of the molecule is CCCCC/C=C\C/C=C\CCCCCCCCC(O)C(=O)NC(COC1OC(CO)C(O)C(O)C1OC(=O)CCCCCCCCCCC/C=C/CCCCCCCC)C(O)/C=C/CCCCCCCCCCC. The van der Waals surface area contributed by atoms with E-state index in [2.05, 4.69) is 62.5 Å². The molecule has 0 bridgehead atoms. The maximum absolute atomic E-state index is 13.4. The zero-order chi connectivity index (χ0) is 54.7. The van der Waals surface area contributed by atoms with Crippen LogP contribution in [0.4, 0.5) is 0 Å². The van der Waals surface area contributed by atoms with Crippen molar-refractivity contribution in [1.29, 1.82) is 0 Å². The average molecular weight is 1060 g/mol. The minimum Gasteiger partial charge on any atom is -0.454 e. The monoisotopic (exact) mass is 1060 g/mol. The van der Waals surface area contributed by atoms with Gasteiger partial charge in [-0.2, -0.15) is 0 Å². The molecule has 8 atom stereocenters. The van der Waals surface area contributed by atoms with E-state index in [0.29, 0.717) is 12.8 Å². The lowest BCUT2D eigenvalue weighted by molar-refractivity contribution is -0.305.